The molecule has 29 heavy (non-hydrogen) atoms. The van der Waals surface area contributed by atoms with Crippen molar-refractivity contribution < 1.29 is 18.0 Å². The number of pyridine rings is 2. The molecule has 0 unspecified atom stereocenters. The SMILES string of the molecule is Cc1cc(C)c2cc(C(=O)NC3CN(c4ccc(C(F)(F)F)cn4)C3)ccc2n1. The van der Waals surface area contributed by atoms with Crippen LogP contribution in [0.15, 0.2) is 42.6 Å². The fourth-order valence-corrected chi connectivity index (χ4v) is 3.47. The maximum Gasteiger partial charge on any atom is 0.417 e. The lowest BCUT2D eigenvalue weighted by Crippen LogP contribution is -2.59. The number of rotatable bonds is 3. The molecule has 0 saturated carbocycles. The minimum atomic E-state index is -4.40. The van der Waals surface area contributed by atoms with Crippen molar-refractivity contribution in [1.82, 2.24) is 15.3 Å². The predicted molar refractivity (Wildman–Crippen MR) is 104 cm³/mol. The summed E-state index contributed by atoms with van der Waals surface area (Å²) in [5, 5.41) is 3.89. The lowest BCUT2D eigenvalue weighted by Gasteiger charge is -2.40. The number of hydrogen-bond acceptors (Lipinski definition) is 4. The average Bonchev–Trinajstić information content (AvgIpc) is 2.63. The zero-order chi connectivity index (χ0) is 20.8. The Morgan fingerprint density at radius 1 is 1.14 bits per heavy atom. The molecule has 3 heterocycles. The molecular formula is C21H19F3N4O. The number of halogens is 3. The van der Waals surface area contributed by atoms with Gasteiger partial charge in [0.1, 0.15) is 5.82 Å². The normalized spacial score (nSPS) is 14.7. The molecule has 2 aromatic heterocycles. The van der Waals surface area contributed by atoms with Crippen LogP contribution in [0.2, 0.25) is 0 Å². The smallest absolute Gasteiger partial charge is 0.352 e. The summed E-state index contributed by atoms with van der Waals surface area (Å²) in [4.78, 5) is 22.7. The summed E-state index contributed by atoms with van der Waals surface area (Å²) < 4.78 is 37.9. The van der Waals surface area contributed by atoms with Crippen molar-refractivity contribution in [3.63, 3.8) is 0 Å². The molecule has 150 valence electrons. The average molecular weight is 400 g/mol. The van der Waals surface area contributed by atoms with Gasteiger partial charge >= 0.3 is 6.18 Å². The molecule has 1 fully saturated rings. The first-order chi connectivity index (χ1) is 13.7. The van der Waals surface area contributed by atoms with Gasteiger partial charge in [0.05, 0.1) is 17.1 Å². The van der Waals surface area contributed by atoms with Crippen LogP contribution in [0.4, 0.5) is 19.0 Å². The number of aromatic nitrogens is 2. The van der Waals surface area contributed by atoms with Gasteiger partial charge in [-0.2, -0.15) is 13.2 Å². The molecule has 1 amide bonds. The molecule has 1 saturated heterocycles. The minimum Gasteiger partial charge on any atom is -0.352 e. The van der Waals surface area contributed by atoms with Gasteiger partial charge < -0.3 is 10.2 Å². The van der Waals surface area contributed by atoms with E-state index in [-0.39, 0.29) is 11.9 Å². The van der Waals surface area contributed by atoms with Crippen molar-refractivity contribution >= 4 is 22.6 Å². The maximum atomic E-state index is 12.6. The standard InChI is InChI=1S/C21H19F3N4O/c1-12-7-13(2)26-18-5-3-14(8-17(12)18)20(29)27-16-10-28(11-16)19-6-4-15(9-25-19)21(22,23)24/h3-9,16H,10-11H2,1-2H3,(H,27,29). The van der Waals surface area contributed by atoms with Crippen molar-refractivity contribution in [3.05, 3.63) is 65.0 Å². The summed E-state index contributed by atoms with van der Waals surface area (Å²) in [6, 6.07) is 9.68. The van der Waals surface area contributed by atoms with E-state index in [0.29, 0.717) is 24.5 Å². The number of carbonyl (C=O) groups excluding carboxylic acids is 1. The van der Waals surface area contributed by atoms with Crippen molar-refractivity contribution in [2.24, 2.45) is 0 Å². The van der Waals surface area contributed by atoms with Gasteiger partial charge in [0, 0.05) is 35.9 Å². The Hall–Kier alpha value is -3.16. The first-order valence-corrected chi connectivity index (χ1v) is 9.18. The summed E-state index contributed by atoms with van der Waals surface area (Å²) in [6.07, 6.45) is -3.57. The number of benzene rings is 1. The van der Waals surface area contributed by atoms with Crippen LogP contribution in [0, 0.1) is 13.8 Å². The predicted octanol–water partition coefficient (Wildman–Crippen LogP) is 3.88. The number of aryl methyl sites for hydroxylation is 2. The molecule has 5 nitrogen and oxygen atoms in total. The number of fused-ring (bicyclic) bond motifs is 1. The number of carbonyl (C=O) groups is 1. The van der Waals surface area contributed by atoms with E-state index in [2.05, 4.69) is 15.3 Å². The second-order valence-electron chi connectivity index (χ2n) is 7.29. The minimum absolute atomic E-state index is 0.0838. The highest BCUT2D eigenvalue weighted by Gasteiger charge is 2.33. The Bertz CT molecular complexity index is 1070. The summed E-state index contributed by atoms with van der Waals surface area (Å²) >= 11 is 0. The van der Waals surface area contributed by atoms with Gasteiger partial charge in [-0.25, -0.2) is 4.98 Å². The van der Waals surface area contributed by atoms with E-state index in [1.807, 2.05) is 36.9 Å². The Kier molecular flexibility index (Phi) is 4.64. The van der Waals surface area contributed by atoms with Crippen LogP contribution in [-0.4, -0.2) is 35.0 Å². The number of anilines is 1. The monoisotopic (exact) mass is 400 g/mol. The van der Waals surface area contributed by atoms with Gasteiger partial charge in [-0.05, 0) is 55.8 Å². The van der Waals surface area contributed by atoms with E-state index < -0.39 is 11.7 Å². The van der Waals surface area contributed by atoms with Crippen LogP contribution in [0.1, 0.15) is 27.2 Å². The molecule has 1 aliphatic heterocycles. The van der Waals surface area contributed by atoms with Crippen LogP contribution in [0.5, 0.6) is 0 Å². The Morgan fingerprint density at radius 2 is 1.90 bits per heavy atom. The lowest BCUT2D eigenvalue weighted by molar-refractivity contribution is -0.137. The summed E-state index contributed by atoms with van der Waals surface area (Å²) in [7, 11) is 0. The molecule has 0 spiro atoms. The van der Waals surface area contributed by atoms with Gasteiger partial charge in [-0.3, -0.25) is 9.78 Å². The van der Waals surface area contributed by atoms with E-state index in [9.17, 15) is 18.0 Å². The van der Waals surface area contributed by atoms with Gasteiger partial charge in [-0.15, -0.1) is 0 Å². The van der Waals surface area contributed by atoms with Gasteiger partial charge in [0.2, 0.25) is 0 Å². The molecule has 4 rings (SSSR count). The lowest BCUT2D eigenvalue weighted by atomic mass is 10.0. The van der Waals surface area contributed by atoms with Crippen molar-refractivity contribution in [2.75, 3.05) is 18.0 Å². The van der Waals surface area contributed by atoms with Gasteiger partial charge in [0.25, 0.3) is 5.91 Å². The third kappa shape index (κ3) is 3.87. The van der Waals surface area contributed by atoms with E-state index in [4.69, 9.17) is 0 Å². The molecular weight excluding hydrogens is 381 g/mol. The first-order valence-electron chi connectivity index (χ1n) is 9.18. The fraction of sp³-hybridized carbons (Fsp3) is 0.286. The molecule has 8 heteroatoms. The van der Waals surface area contributed by atoms with E-state index in [0.717, 1.165) is 34.4 Å². The highest BCUT2D eigenvalue weighted by molar-refractivity contribution is 5.98. The molecule has 1 N–H and O–H groups in total. The van der Waals surface area contributed by atoms with Crippen molar-refractivity contribution in [3.8, 4) is 0 Å². The maximum absolute atomic E-state index is 12.6. The molecule has 1 aromatic carbocycles. The van der Waals surface area contributed by atoms with E-state index in [1.165, 1.54) is 6.07 Å². The van der Waals surface area contributed by atoms with Crippen molar-refractivity contribution in [1.29, 1.82) is 0 Å². The second-order valence-corrected chi connectivity index (χ2v) is 7.29. The third-order valence-corrected chi connectivity index (χ3v) is 5.02. The molecule has 0 atom stereocenters. The molecule has 1 aliphatic rings. The van der Waals surface area contributed by atoms with Gasteiger partial charge in [-0.1, -0.05) is 0 Å². The summed E-state index contributed by atoms with van der Waals surface area (Å²) in [6.45, 7) is 4.91. The topological polar surface area (TPSA) is 58.1 Å². The van der Waals surface area contributed by atoms with E-state index >= 15 is 0 Å². The molecule has 0 bridgehead atoms. The quantitative estimate of drug-likeness (QED) is 0.725. The largest absolute Gasteiger partial charge is 0.417 e. The molecule has 0 radical (unpaired) electrons. The Labute approximate surface area is 165 Å². The number of amides is 1. The van der Waals surface area contributed by atoms with Crippen LogP contribution in [-0.2, 0) is 6.18 Å². The third-order valence-electron chi connectivity index (χ3n) is 5.02. The van der Waals surface area contributed by atoms with Crippen molar-refractivity contribution in [2.45, 2.75) is 26.1 Å². The number of hydrogen-bond donors (Lipinski definition) is 1. The first kappa shape index (κ1) is 19.2. The highest BCUT2D eigenvalue weighted by atomic mass is 19.4. The summed E-state index contributed by atoms with van der Waals surface area (Å²) in [5.74, 6) is 0.281. The zero-order valence-corrected chi connectivity index (χ0v) is 15.9. The second kappa shape index (κ2) is 7.02. The fourth-order valence-electron chi connectivity index (χ4n) is 3.47. The van der Waals surface area contributed by atoms with Crippen LogP contribution in [0.25, 0.3) is 10.9 Å². The summed E-state index contributed by atoms with van der Waals surface area (Å²) in [5.41, 5.74) is 2.62. The number of nitrogens with one attached hydrogen (secondary N) is 1. The Morgan fingerprint density at radius 3 is 2.55 bits per heavy atom. The van der Waals surface area contributed by atoms with Crippen LogP contribution < -0.4 is 10.2 Å². The number of alkyl halides is 3. The van der Waals surface area contributed by atoms with E-state index in [1.54, 1.807) is 6.07 Å². The number of nitrogens with zero attached hydrogens (tertiary/aromatic N) is 3. The van der Waals surface area contributed by atoms with Gasteiger partial charge in [0.15, 0.2) is 0 Å². The molecule has 0 aliphatic carbocycles. The molecule has 3 aromatic rings. The van der Waals surface area contributed by atoms with Crippen LogP contribution in [0.3, 0.4) is 0 Å². The van der Waals surface area contributed by atoms with Crippen LogP contribution >= 0.6 is 0 Å². The highest BCUT2D eigenvalue weighted by Crippen LogP contribution is 2.30. The zero-order valence-electron chi connectivity index (χ0n) is 15.9. The Balaban J connectivity index is 1.39.